The number of likely N-dealkylation sites (N-methyl/N-ethyl adjacent to an activating group) is 1. The molecule has 1 atom stereocenters. The van der Waals surface area contributed by atoms with Crippen LogP contribution in [0.1, 0.15) is 23.7 Å². The Bertz CT molecular complexity index is 436. The van der Waals surface area contributed by atoms with E-state index in [-0.39, 0.29) is 12.0 Å². The van der Waals surface area contributed by atoms with Crippen LogP contribution in [0.15, 0.2) is 18.5 Å². The Morgan fingerprint density at radius 3 is 2.65 bits per heavy atom. The molecule has 0 saturated heterocycles. The number of carbonyl (C=O) groups is 2. The molecular weight excluding hydrogens is 227 g/mol. The highest BCUT2D eigenvalue weighted by molar-refractivity contribution is 5.96. The van der Waals surface area contributed by atoms with E-state index in [0.29, 0.717) is 0 Å². The monoisotopic (exact) mass is 240 g/mol. The number of amides is 1. The third-order valence-corrected chi connectivity index (χ3v) is 2.41. The van der Waals surface area contributed by atoms with Gasteiger partial charge in [-0.1, -0.05) is 6.92 Å². The molecule has 0 aliphatic heterocycles. The number of carboxylic acid groups (broad SMARTS) is 1. The Morgan fingerprint density at radius 2 is 2.18 bits per heavy atom. The van der Waals surface area contributed by atoms with Crippen LogP contribution in [-0.2, 0) is 4.79 Å². The third-order valence-electron chi connectivity index (χ3n) is 2.41. The van der Waals surface area contributed by atoms with Crippen molar-refractivity contribution in [2.45, 2.75) is 19.4 Å². The molecule has 0 aliphatic rings. The van der Waals surface area contributed by atoms with E-state index in [1.807, 2.05) is 0 Å². The summed E-state index contributed by atoms with van der Waals surface area (Å²) in [5.41, 5.74) is 0.0344. The van der Waals surface area contributed by atoms with E-state index in [4.69, 9.17) is 5.11 Å². The molecule has 1 aromatic rings. The van der Waals surface area contributed by atoms with E-state index in [0.717, 1.165) is 17.2 Å². The largest absolute Gasteiger partial charge is 0.480 e. The molecule has 1 rings (SSSR count). The molecule has 1 unspecified atom stereocenters. The zero-order chi connectivity index (χ0) is 13.0. The fourth-order valence-electron chi connectivity index (χ4n) is 1.49. The van der Waals surface area contributed by atoms with Gasteiger partial charge in [0, 0.05) is 13.2 Å². The Balaban J connectivity index is 2.93. The van der Waals surface area contributed by atoms with Gasteiger partial charge >= 0.3 is 5.97 Å². The smallest absolute Gasteiger partial charge is 0.326 e. The number of hydrogen-bond acceptors (Lipinski definition) is 3. The number of carbonyl (C=O) groups excluding carboxylic acids is 1. The van der Waals surface area contributed by atoms with Crippen LogP contribution in [0.2, 0.25) is 0 Å². The summed E-state index contributed by atoms with van der Waals surface area (Å²) in [7, 11) is 1.37. The van der Waals surface area contributed by atoms with Gasteiger partial charge in [0.2, 0.25) is 0 Å². The quantitative estimate of drug-likeness (QED) is 0.857. The summed E-state index contributed by atoms with van der Waals surface area (Å²) in [6.45, 7) is 1.66. The molecule has 1 heterocycles. The zero-order valence-corrected chi connectivity index (χ0v) is 9.55. The molecule has 0 spiro atoms. The van der Waals surface area contributed by atoms with Crippen molar-refractivity contribution in [3.8, 4) is 0 Å². The highest BCUT2D eigenvalue weighted by Gasteiger charge is 2.25. The van der Waals surface area contributed by atoms with Gasteiger partial charge in [-0.3, -0.25) is 9.78 Å². The lowest BCUT2D eigenvalue weighted by Crippen LogP contribution is -2.42. The molecule has 0 aliphatic carbocycles. The van der Waals surface area contributed by atoms with Crippen molar-refractivity contribution in [1.29, 1.82) is 0 Å². The van der Waals surface area contributed by atoms with Crippen molar-refractivity contribution in [3.05, 3.63) is 29.8 Å². The molecule has 92 valence electrons. The molecule has 6 heteroatoms. The number of aliphatic carboxylic acids is 1. The molecule has 0 aromatic carbocycles. The summed E-state index contributed by atoms with van der Waals surface area (Å²) in [5, 5.41) is 8.91. The molecule has 5 nitrogen and oxygen atoms in total. The van der Waals surface area contributed by atoms with Crippen LogP contribution < -0.4 is 0 Å². The summed E-state index contributed by atoms with van der Waals surface area (Å²) in [5.74, 6) is -2.29. The summed E-state index contributed by atoms with van der Waals surface area (Å²) >= 11 is 0. The highest BCUT2D eigenvalue weighted by atomic mass is 19.1. The van der Waals surface area contributed by atoms with Crippen LogP contribution in [0.3, 0.4) is 0 Å². The number of carboxylic acids is 1. The fraction of sp³-hybridized carbons (Fsp3) is 0.364. The topological polar surface area (TPSA) is 70.5 Å². The first-order valence-electron chi connectivity index (χ1n) is 5.07. The first-order chi connectivity index (χ1) is 7.97. The van der Waals surface area contributed by atoms with Crippen molar-refractivity contribution in [3.63, 3.8) is 0 Å². The predicted octanol–water partition coefficient (Wildman–Crippen LogP) is 1.16. The Labute approximate surface area is 97.9 Å². The van der Waals surface area contributed by atoms with E-state index in [1.165, 1.54) is 13.2 Å². The molecule has 17 heavy (non-hydrogen) atoms. The van der Waals surface area contributed by atoms with Crippen LogP contribution in [0.5, 0.6) is 0 Å². The van der Waals surface area contributed by atoms with Gasteiger partial charge in [0.05, 0.1) is 11.8 Å². The van der Waals surface area contributed by atoms with Gasteiger partial charge < -0.3 is 10.0 Å². The minimum absolute atomic E-state index is 0.0344. The number of nitrogens with zero attached hydrogens (tertiary/aromatic N) is 2. The Morgan fingerprint density at radius 1 is 1.53 bits per heavy atom. The Hall–Kier alpha value is -1.98. The lowest BCUT2D eigenvalue weighted by Gasteiger charge is -2.23. The van der Waals surface area contributed by atoms with Gasteiger partial charge in [-0.25, -0.2) is 9.18 Å². The van der Waals surface area contributed by atoms with E-state index in [1.54, 1.807) is 6.92 Å². The number of aromatic nitrogens is 1. The summed E-state index contributed by atoms with van der Waals surface area (Å²) in [6.07, 6.45) is 2.46. The van der Waals surface area contributed by atoms with Crippen molar-refractivity contribution in [2.24, 2.45) is 0 Å². The second-order valence-electron chi connectivity index (χ2n) is 3.57. The normalized spacial score (nSPS) is 11.9. The van der Waals surface area contributed by atoms with Crippen LogP contribution in [0.25, 0.3) is 0 Å². The summed E-state index contributed by atoms with van der Waals surface area (Å²) < 4.78 is 12.9. The van der Waals surface area contributed by atoms with E-state index >= 15 is 0 Å². The van der Waals surface area contributed by atoms with Crippen LogP contribution in [-0.4, -0.2) is 40.0 Å². The average Bonchev–Trinajstić information content (AvgIpc) is 2.28. The second-order valence-corrected chi connectivity index (χ2v) is 3.57. The van der Waals surface area contributed by atoms with Gasteiger partial charge in [-0.05, 0) is 12.5 Å². The van der Waals surface area contributed by atoms with Gasteiger partial charge in [-0.2, -0.15) is 0 Å². The molecule has 1 amide bonds. The summed E-state index contributed by atoms with van der Waals surface area (Å²) in [6, 6.07) is 0.103. The number of halogens is 1. The lowest BCUT2D eigenvalue weighted by molar-refractivity contribution is -0.142. The zero-order valence-electron chi connectivity index (χ0n) is 9.55. The van der Waals surface area contributed by atoms with Crippen molar-refractivity contribution < 1.29 is 19.1 Å². The van der Waals surface area contributed by atoms with Crippen LogP contribution >= 0.6 is 0 Å². The maximum atomic E-state index is 12.9. The summed E-state index contributed by atoms with van der Waals surface area (Å²) in [4.78, 5) is 27.4. The molecule has 0 radical (unpaired) electrons. The fourth-order valence-corrected chi connectivity index (χ4v) is 1.49. The lowest BCUT2D eigenvalue weighted by atomic mass is 10.1. The molecule has 1 N–H and O–H groups in total. The first-order valence-corrected chi connectivity index (χ1v) is 5.07. The maximum Gasteiger partial charge on any atom is 0.326 e. The van der Waals surface area contributed by atoms with Crippen molar-refractivity contribution in [2.75, 3.05) is 7.05 Å². The SMILES string of the molecule is CCC(C(=O)O)N(C)C(=O)c1cncc(F)c1. The van der Waals surface area contributed by atoms with Crippen molar-refractivity contribution >= 4 is 11.9 Å². The minimum Gasteiger partial charge on any atom is -0.480 e. The van der Waals surface area contributed by atoms with Gasteiger partial charge in [0.15, 0.2) is 0 Å². The van der Waals surface area contributed by atoms with Gasteiger partial charge in [0.1, 0.15) is 11.9 Å². The molecule has 0 fully saturated rings. The molecular formula is C11H13FN2O3. The van der Waals surface area contributed by atoms with Crippen molar-refractivity contribution in [1.82, 2.24) is 9.88 Å². The molecule has 1 aromatic heterocycles. The third kappa shape index (κ3) is 2.99. The predicted molar refractivity (Wildman–Crippen MR) is 58.0 cm³/mol. The average molecular weight is 240 g/mol. The number of hydrogen-bond donors (Lipinski definition) is 1. The van der Waals surface area contributed by atoms with Gasteiger partial charge in [-0.15, -0.1) is 0 Å². The molecule has 0 bridgehead atoms. The highest BCUT2D eigenvalue weighted by Crippen LogP contribution is 2.09. The second kappa shape index (κ2) is 5.38. The van der Waals surface area contributed by atoms with Crippen LogP contribution in [0, 0.1) is 5.82 Å². The number of pyridine rings is 1. The standard InChI is InChI=1S/C11H13FN2O3/c1-3-9(11(16)17)14(2)10(15)7-4-8(12)6-13-5-7/h4-6,9H,3H2,1-2H3,(H,16,17). The van der Waals surface area contributed by atoms with E-state index < -0.39 is 23.7 Å². The Kier molecular flexibility index (Phi) is 4.14. The van der Waals surface area contributed by atoms with E-state index in [9.17, 15) is 14.0 Å². The first kappa shape index (κ1) is 13.1. The van der Waals surface area contributed by atoms with E-state index in [2.05, 4.69) is 4.98 Å². The van der Waals surface area contributed by atoms with Crippen LogP contribution in [0.4, 0.5) is 4.39 Å². The molecule has 0 saturated carbocycles. The maximum absolute atomic E-state index is 12.9. The minimum atomic E-state index is -1.09. The number of rotatable bonds is 4. The van der Waals surface area contributed by atoms with Gasteiger partial charge in [0.25, 0.3) is 5.91 Å².